The molecule has 22 heavy (non-hydrogen) atoms. The molecule has 0 fully saturated rings. The van der Waals surface area contributed by atoms with Gasteiger partial charge in [-0.05, 0) is 36.4 Å². The van der Waals surface area contributed by atoms with Crippen molar-refractivity contribution in [1.82, 2.24) is 5.32 Å². The monoisotopic (exact) mass is 342 g/mol. The van der Waals surface area contributed by atoms with Crippen molar-refractivity contribution in [3.8, 4) is 5.75 Å². The lowest BCUT2D eigenvalue weighted by Gasteiger charge is -2.10. The predicted molar refractivity (Wildman–Crippen MR) is 85.4 cm³/mol. The van der Waals surface area contributed by atoms with Crippen LogP contribution >= 0.6 is 23.2 Å². The first-order valence-electron chi connectivity index (χ1n) is 6.43. The summed E-state index contributed by atoms with van der Waals surface area (Å²) in [7, 11) is 0. The van der Waals surface area contributed by atoms with Crippen molar-refractivity contribution in [3.05, 3.63) is 58.3 Å². The van der Waals surface area contributed by atoms with E-state index in [9.17, 15) is 9.18 Å². The standard InChI is InChI=1S/C15H13Cl2FN2O2/c16-10-2-1-3-12(8-10)20-15(21)19-6-7-22-14-5-4-11(18)9-13(14)17/h1-5,8-9H,6-7H2,(H2,19,20,21). The lowest BCUT2D eigenvalue weighted by Crippen LogP contribution is -2.32. The van der Waals surface area contributed by atoms with Gasteiger partial charge in [-0.1, -0.05) is 29.3 Å². The number of rotatable bonds is 5. The van der Waals surface area contributed by atoms with Gasteiger partial charge >= 0.3 is 6.03 Å². The molecule has 0 unspecified atom stereocenters. The molecule has 2 aromatic rings. The van der Waals surface area contributed by atoms with Crippen LogP contribution in [0.5, 0.6) is 5.75 Å². The fourth-order valence-electron chi connectivity index (χ4n) is 1.66. The van der Waals surface area contributed by atoms with Gasteiger partial charge in [0, 0.05) is 10.7 Å². The molecule has 0 saturated carbocycles. The largest absolute Gasteiger partial charge is 0.490 e. The Labute approximate surface area is 137 Å². The molecule has 0 atom stereocenters. The van der Waals surface area contributed by atoms with Crippen LogP contribution in [-0.2, 0) is 0 Å². The Morgan fingerprint density at radius 3 is 2.73 bits per heavy atom. The maximum atomic E-state index is 12.9. The van der Waals surface area contributed by atoms with E-state index in [4.69, 9.17) is 27.9 Å². The Morgan fingerprint density at radius 2 is 2.00 bits per heavy atom. The van der Waals surface area contributed by atoms with E-state index < -0.39 is 5.82 Å². The number of amides is 2. The summed E-state index contributed by atoms with van der Waals surface area (Å²) in [5.74, 6) is -0.0727. The van der Waals surface area contributed by atoms with Crippen LogP contribution < -0.4 is 15.4 Å². The van der Waals surface area contributed by atoms with E-state index in [1.165, 1.54) is 12.1 Å². The number of carbonyl (C=O) groups is 1. The summed E-state index contributed by atoms with van der Waals surface area (Å²) in [4.78, 5) is 11.7. The molecule has 0 spiro atoms. The Balaban J connectivity index is 1.73. The molecule has 0 aliphatic carbocycles. The SMILES string of the molecule is O=C(NCCOc1ccc(F)cc1Cl)Nc1cccc(Cl)c1. The zero-order chi connectivity index (χ0) is 15.9. The van der Waals surface area contributed by atoms with Crippen molar-refractivity contribution >= 4 is 34.9 Å². The van der Waals surface area contributed by atoms with Gasteiger partial charge < -0.3 is 15.4 Å². The number of halogens is 3. The number of nitrogens with one attached hydrogen (secondary N) is 2. The maximum absolute atomic E-state index is 12.9. The zero-order valence-electron chi connectivity index (χ0n) is 11.4. The first-order chi connectivity index (χ1) is 10.5. The molecular formula is C15H13Cl2FN2O2. The van der Waals surface area contributed by atoms with Gasteiger partial charge in [-0.2, -0.15) is 0 Å². The molecular weight excluding hydrogens is 330 g/mol. The average molecular weight is 343 g/mol. The van der Waals surface area contributed by atoms with Gasteiger partial charge in [-0.3, -0.25) is 0 Å². The highest BCUT2D eigenvalue weighted by molar-refractivity contribution is 6.32. The van der Waals surface area contributed by atoms with Crippen LogP contribution in [0.1, 0.15) is 0 Å². The first kappa shape index (κ1) is 16.4. The summed E-state index contributed by atoms with van der Waals surface area (Å²) < 4.78 is 18.2. The highest BCUT2D eigenvalue weighted by atomic mass is 35.5. The molecule has 0 bridgehead atoms. The molecule has 0 aliphatic heterocycles. The molecule has 0 aliphatic rings. The third-order valence-corrected chi connectivity index (χ3v) is 3.15. The van der Waals surface area contributed by atoms with Crippen molar-refractivity contribution in [1.29, 1.82) is 0 Å². The molecule has 2 aromatic carbocycles. The summed E-state index contributed by atoms with van der Waals surface area (Å²) in [6.07, 6.45) is 0. The minimum Gasteiger partial charge on any atom is -0.490 e. The van der Waals surface area contributed by atoms with Gasteiger partial charge in [-0.25, -0.2) is 9.18 Å². The number of benzene rings is 2. The Kier molecular flexibility index (Phi) is 5.86. The second-order valence-corrected chi connectivity index (χ2v) is 5.16. The summed E-state index contributed by atoms with van der Waals surface area (Å²) in [6.45, 7) is 0.467. The fraction of sp³-hybridized carbons (Fsp3) is 0.133. The van der Waals surface area contributed by atoms with E-state index in [1.54, 1.807) is 24.3 Å². The quantitative estimate of drug-likeness (QED) is 0.794. The van der Waals surface area contributed by atoms with Crippen LogP contribution in [-0.4, -0.2) is 19.2 Å². The van der Waals surface area contributed by atoms with Crippen LogP contribution in [0.15, 0.2) is 42.5 Å². The number of hydrogen-bond donors (Lipinski definition) is 2. The van der Waals surface area contributed by atoms with E-state index in [2.05, 4.69) is 10.6 Å². The molecule has 116 valence electrons. The van der Waals surface area contributed by atoms with E-state index in [0.717, 1.165) is 6.07 Å². The van der Waals surface area contributed by atoms with Gasteiger partial charge in [0.1, 0.15) is 18.2 Å². The minimum atomic E-state index is -0.434. The average Bonchev–Trinajstić information content (AvgIpc) is 2.45. The number of ether oxygens (including phenoxy) is 1. The predicted octanol–water partition coefficient (Wildman–Crippen LogP) is 4.33. The Bertz CT molecular complexity index is 668. The van der Waals surface area contributed by atoms with Crippen LogP contribution in [0, 0.1) is 5.82 Å². The minimum absolute atomic E-state index is 0.184. The molecule has 2 rings (SSSR count). The van der Waals surface area contributed by atoms with Gasteiger partial charge in [-0.15, -0.1) is 0 Å². The zero-order valence-corrected chi connectivity index (χ0v) is 12.9. The van der Waals surface area contributed by atoms with Gasteiger partial charge in [0.25, 0.3) is 0 Å². The van der Waals surface area contributed by atoms with Crippen molar-refractivity contribution in [2.75, 3.05) is 18.5 Å². The van der Waals surface area contributed by atoms with Crippen LogP contribution in [0.25, 0.3) is 0 Å². The summed E-state index contributed by atoms with van der Waals surface area (Å²) >= 11 is 11.6. The third kappa shape index (κ3) is 5.09. The van der Waals surface area contributed by atoms with Gasteiger partial charge in [0.15, 0.2) is 0 Å². The van der Waals surface area contributed by atoms with Crippen LogP contribution in [0.2, 0.25) is 10.0 Å². The maximum Gasteiger partial charge on any atom is 0.319 e. The Morgan fingerprint density at radius 1 is 1.18 bits per heavy atom. The first-order valence-corrected chi connectivity index (χ1v) is 7.18. The molecule has 0 aromatic heterocycles. The molecule has 0 heterocycles. The molecule has 2 amide bonds. The molecule has 0 radical (unpaired) electrons. The molecule has 4 nitrogen and oxygen atoms in total. The summed E-state index contributed by atoms with van der Waals surface area (Å²) in [5, 5.41) is 5.97. The fourth-order valence-corrected chi connectivity index (χ4v) is 2.07. The van der Waals surface area contributed by atoms with Crippen molar-refractivity contribution in [2.45, 2.75) is 0 Å². The Hall–Kier alpha value is -1.98. The highest BCUT2D eigenvalue weighted by Gasteiger charge is 2.04. The smallest absolute Gasteiger partial charge is 0.319 e. The molecule has 2 N–H and O–H groups in total. The third-order valence-electron chi connectivity index (χ3n) is 2.62. The topological polar surface area (TPSA) is 50.4 Å². The van der Waals surface area contributed by atoms with E-state index >= 15 is 0 Å². The number of carbonyl (C=O) groups excluding carboxylic acids is 1. The van der Waals surface area contributed by atoms with Gasteiger partial charge in [0.2, 0.25) is 0 Å². The van der Waals surface area contributed by atoms with Crippen LogP contribution in [0.3, 0.4) is 0 Å². The number of urea groups is 1. The summed E-state index contributed by atoms with van der Waals surface area (Å²) in [6, 6.07) is 10.3. The van der Waals surface area contributed by atoms with Gasteiger partial charge in [0.05, 0.1) is 11.6 Å². The van der Waals surface area contributed by atoms with Crippen LogP contribution in [0.4, 0.5) is 14.9 Å². The molecule has 0 saturated heterocycles. The van der Waals surface area contributed by atoms with Crippen molar-refractivity contribution in [3.63, 3.8) is 0 Å². The molecule has 7 heteroatoms. The second-order valence-electron chi connectivity index (χ2n) is 4.31. The summed E-state index contributed by atoms with van der Waals surface area (Å²) in [5.41, 5.74) is 0.590. The lowest BCUT2D eigenvalue weighted by atomic mass is 10.3. The second kappa shape index (κ2) is 7.87. The van der Waals surface area contributed by atoms with E-state index in [-0.39, 0.29) is 24.2 Å². The number of hydrogen-bond acceptors (Lipinski definition) is 2. The van der Waals surface area contributed by atoms with Crippen molar-refractivity contribution < 1.29 is 13.9 Å². The number of anilines is 1. The van der Waals surface area contributed by atoms with Crippen molar-refractivity contribution in [2.24, 2.45) is 0 Å². The normalized spacial score (nSPS) is 10.1. The van der Waals surface area contributed by atoms with E-state index in [1.807, 2.05) is 0 Å². The van der Waals surface area contributed by atoms with E-state index in [0.29, 0.717) is 16.5 Å². The highest BCUT2D eigenvalue weighted by Crippen LogP contribution is 2.24. The lowest BCUT2D eigenvalue weighted by molar-refractivity contribution is 0.247.